The van der Waals surface area contributed by atoms with Crippen molar-refractivity contribution in [3.05, 3.63) is 35.4 Å². The second kappa shape index (κ2) is 5.66. The summed E-state index contributed by atoms with van der Waals surface area (Å²) in [4.78, 5) is 25.1. The van der Waals surface area contributed by atoms with E-state index in [-0.39, 0.29) is 30.4 Å². The van der Waals surface area contributed by atoms with Crippen LogP contribution in [0.4, 0.5) is 8.78 Å². The summed E-state index contributed by atoms with van der Waals surface area (Å²) in [6, 6.07) is 3.01. The number of hydrogen-bond acceptors (Lipinski definition) is 2. The van der Waals surface area contributed by atoms with Gasteiger partial charge in [0.15, 0.2) is 0 Å². The molecule has 1 N–H and O–H groups in total. The van der Waals surface area contributed by atoms with Gasteiger partial charge in [-0.15, -0.1) is 0 Å². The van der Waals surface area contributed by atoms with Gasteiger partial charge in [0.05, 0.1) is 12.3 Å². The Labute approximate surface area is 126 Å². The number of carbonyl (C=O) groups excluding carboxylic acids is 1. The van der Waals surface area contributed by atoms with Crippen LogP contribution in [0.1, 0.15) is 18.4 Å². The topological polar surface area (TPSA) is 57.6 Å². The van der Waals surface area contributed by atoms with Gasteiger partial charge in [-0.2, -0.15) is 0 Å². The van der Waals surface area contributed by atoms with Gasteiger partial charge < -0.3 is 10.0 Å². The molecule has 1 aliphatic carbocycles. The van der Waals surface area contributed by atoms with Crippen molar-refractivity contribution in [1.82, 2.24) is 4.90 Å². The zero-order valence-corrected chi connectivity index (χ0v) is 12.0. The van der Waals surface area contributed by atoms with Crippen molar-refractivity contribution in [3.8, 4) is 0 Å². The van der Waals surface area contributed by atoms with Crippen molar-refractivity contribution in [1.29, 1.82) is 0 Å². The SMILES string of the molecule is O=C(O)[C@H]1CN(C(=O)Cc2cc(F)ccc2F)C[C@@H]1C1CC1. The zero-order valence-electron chi connectivity index (χ0n) is 12.0. The van der Waals surface area contributed by atoms with E-state index in [2.05, 4.69) is 0 Å². The van der Waals surface area contributed by atoms with Gasteiger partial charge in [-0.25, -0.2) is 8.78 Å². The average molecular weight is 309 g/mol. The highest BCUT2D eigenvalue weighted by atomic mass is 19.1. The Morgan fingerprint density at radius 3 is 2.59 bits per heavy atom. The molecular weight excluding hydrogens is 292 g/mol. The Morgan fingerprint density at radius 2 is 1.95 bits per heavy atom. The fourth-order valence-electron chi connectivity index (χ4n) is 3.25. The smallest absolute Gasteiger partial charge is 0.308 e. The number of amides is 1. The van der Waals surface area contributed by atoms with Crippen LogP contribution in [0.5, 0.6) is 0 Å². The lowest BCUT2D eigenvalue weighted by molar-refractivity contribution is -0.142. The summed E-state index contributed by atoms with van der Waals surface area (Å²) in [6.45, 7) is 0.559. The predicted molar refractivity (Wildman–Crippen MR) is 74.0 cm³/mol. The molecule has 2 aliphatic rings. The molecule has 4 nitrogen and oxygen atoms in total. The van der Waals surface area contributed by atoms with Gasteiger partial charge >= 0.3 is 5.97 Å². The Morgan fingerprint density at radius 1 is 1.23 bits per heavy atom. The maximum atomic E-state index is 13.6. The lowest BCUT2D eigenvalue weighted by Gasteiger charge is -2.16. The van der Waals surface area contributed by atoms with Crippen LogP contribution >= 0.6 is 0 Å². The van der Waals surface area contributed by atoms with Gasteiger partial charge in [-0.3, -0.25) is 9.59 Å². The van der Waals surface area contributed by atoms with Crippen molar-refractivity contribution in [2.45, 2.75) is 19.3 Å². The van der Waals surface area contributed by atoms with Gasteiger partial charge in [-0.05, 0) is 42.9 Å². The average Bonchev–Trinajstić information content (AvgIpc) is 3.21. The Balaban J connectivity index is 1.70. The molecule has 118 valence electrons. The molecule has 0 spiro atoms. The van der Waals surface area contributed by atoms with Crippen molar-refractivity contribution in [3.63, 3.8) is 0 Å². The summed E-state index contributed by atoms with van der Waals surface area (Å²) >= 11 is 0. The lowest BCUT2D eigenvalue weighted by Crippen LogP contribution is -2.31. The molecular formula is C16H17F2NO3. The number of aliphatic carboxylic acids is 1. The standard InChI is InChI=1S/C16H17F2NO3/c17-11-3-4-14(18)10(5-11)6-15(20)19-7-12(9-1-2-9)13(8-19)16(21)22/h3-5,9,12-13H,1-2,6-8H2,(H,21,22)/t12-,13+/m1/s1. The monoisotopic (exact) mass is 309 g/mol. The van der Waals surface area contributed by atoms with Crippen LogP contribution in [-0.2, 0) is 16.0 Å². The first-order chi connectivity index (χ1) is 10.5. The van der Waals surface area contributed by atoms with Crippen molar-refractivity contribution >= 4 is 11.9 Å². The van der Waals surface area contributed by atoms with Crippen molar-refractivity contribution in [2.75, 3.05) is 13.1 Å². The Bertz CT molecular complexity index is 615. The molecule has 6 heteroatoms. The molecule has 1 saturated heterocycles. The minimum Gasteiger partial charge on any atom is -0.481 e. The molecule has 2 fully saturated rings. The van der Waals surface area contributed by atoms with E-state index in [1.165, 1.54) is 4.90 Å². The number of likely N-dealkylation sites (tertiary alicyclic amines) is 1. The molecule has 1 saturated carbocycles. The van der Waals surface area contributed by atoms with Gasteiger partial charge in [-0.1, -0.05) is 0 Å². The second-order valence-corrected chi connectivity index (χ2v) is 6.16. The molecule has 1 heterocycles. The largest absolute Gasteiger partial charge is 0.481 e. The van der Waals surface area contributed by atoms with E-state index >= 15 is 0 Å². The van der Waals surface area contributed by atoms with Crippen LogP contribution in [-0.4, -0.2) is 35.0 Å². The highest BCUT2D eigenvalue weighted by Gasteiger charge is 2.46. The first kappa shape index (κ1) is 14.9. The number of rotatable bonds is 4. The van der Waals surface area contributed by atoms with Crippen LogP contribution in [0.15, 0.2) is 18.2 Å². The lowest BCUT2D eigenvalue weighted by atomic mass is 9.92. The van der Waals surface area contributed by atoms with E-state index in [4.69, 9.17) is 0 Å². The first-order valence-corrected chi connectivity index (χ1v) is 7.40. The molecule has 1 aromatic rings. The summed E-state index contributed by atoms with van der Waals surface area (Å²) in [7, 11) is 0. The number of hydrogen-bond donors (Lipinski definition) is 1. The van der Waals surface area contributed by atoms with Crippen molar-refractivity contribution < 1.29 is 23.5 Å². The molecule has 3 rings (SSSR count). The molecule has 1 aromatic carbocycles. The molecule has 22 heavy (non-hydrogen) atoms. The predicted octanol–water partition coefficient (Wildman–Crippen LogP) is 2.08. The molecule has 0 aromatic heterocycles. The molecule has 2 atom stereocenters. The fourth-order valence-corrected chi connectivity index (χ4v) is 3.25. The second-order valence-electron chi connectivity index (χ2n) is 6.16. The minimum atomic E-state index is -0.885. The fraction of sp³-hybridized carbons (Fsp3) is 0.500. The highest BCUT2D eigenvalue weighted by Crippen LogP contribution is 2.44. The number of carboxylic acids is 1. The zero-order chi connectivity index (χ0) is 15.9. The van der Waals surface area contributed by atoms with Gasteiger partial charge in [0.1, 0.15) is 11.6 Å². The van der Waals surface area contributed by atoms with Crippen LogP contribution in [0, 0.1) is 29.4 Å². The third kappa shape index (κ3) is 2.96. The summed E-state index contributed by atoms with van der Waals surface area (Å²) < 4.78 is 26.8. The van der Waals surface area contributed by atoms with Crippen LogP contribution in [0.3, 0.4) is 0 Å². The molecule has 1 aliphatic heterocycles. The van der Waals surface area contributed by atoms with E-state index in [1.807, 2.05) is 0 Å². The summed E-state index contributed by atoms with van der Waals surface area (Å²) in [6.07, 6.45) is 1.78. The molecule has 0 bridgehead atoms. The van der Waals surface area contributed by atoms with E-state index in [0.717, 1.165) is 31.0 Å². The number of benzene rings is 1. The minimum absolute atomic E-state index is 0.00625. The summed E-state index contributed by atoms with van der Waals surface area (Å²) in [5, 5.41) is 9.28. The molecule has 0 radical (unpaired) electrons. The Kier molecular flexibility index (Phi) is 3.85. The molecule has 0 unspecified atom stereocenters. The van der Waals surface area contributed by atoms with Crippen molar-refractivity contribution in [2.24, 2.45) is 17.8 Å². The maximum absolute atomic E-state index is 13.6. The molecule has 1 amide bonds. The summed E-state index contributed by atoms with van der Waals surface area (Å²) in [5.74, 6) is -2.63. The maximum Gasteiger partial charge on any atom is 0.308 e. The van der Waals surface area contributed by atoms with Gasteiger partial charge in [0.25, 0.3) is 0 Å². The number of carboxylic acid groups (broad SMARTS) is 1. The normalized spacial score (nSPS) is 24.5. The van der Waals surface area contributed by atoms with Crippen LogP contribution in [0.2, 0.25) is 0 Å². The number of halogens is 2. The van der Waals surface area contributed by atoms with Crippen LogP contribution in [0.25, 0.3) is 0 Å². The first-order valence-electron chi connectivity index (χ1n) is 7.40. The summed E-state index contributed by atoms with van der Waals surface area (Å²) in [5.41, 5.74) is 0.00625. The highest BCUT2D eigenvalue weighted by molar-refractivity contribution is 5.81. The number of nitrogens with zero attached hydrogens (tertiary/aromatic N) is 1. The van der Waals surface area contributed by atoms with E-state index in [1.54, 1.807) is 0 Å². The van der Waals surface area contributed by atoms with Crippen LogP contribution < -0.4 is 0 Å². The van der Waals surface area contributed by atoms with Gasteiger partial charge in [0, 0.05) is 18.7 Å². The quantitative estimate of drug-likeness (QED) is 0.926. The van der Waals surface area contributed by atoms with E-state index in [0.29, 0.717) is 12.5 Å². The number of carbonyl (C=O) groups is 2. The third-order valence-electron chi connectivity index (χ3n) is 4.61. The third-order valence-corrected chi connectivity index (χ3v) is 4.61. The van der Waals surface area contributed by atoms with E-state index in [9.17, 15) is 23.5 Å². The van der Waals surface area contributed by atoms with Gasteiger partial charge in [0.2, 0.25) is 5.91 Å². The van der Waals surface area contributed by atoms with E-state index < -0.39 is 23.5 Å². The Hall–Kier alpha value is -1.98.